The van der Waals surface area contributed by atoms with E-state index in [1.54, 1.807) is 12.1 Å². The van der Waals surface area contributed by atoms with Gasteiger partial charge in [0.05, 0.1) is 19.3 Å². The molecule has 0 aliphatic rings. The topological polar surface area (TPSA) is 49.7 Å². The van der Waals surface area contributed by atoms with Crippen LogP contribution in [0.5, 0.6) is 5.75 Å². The van der Waals surface area contributed by atoms with Gasteiger partial charge in [0, 0.05) is 5.56 Å². The predicted molar refractivity (Wildman–Crippen MR) is 54.2 cm³/mol. The fraction of sp³-hybridized carbons (Fsp3) is 0.455. The molecule has 1 aromatic carbocycles. The summed E-state index contributed by atoms with van der Waals surface area (Å²) in [5.74, 6) is 0.247. The van der Waals surface area contributed by atoms with E-state index < -0.39 is 0 Å². The molecule has 1 unspecified atom stereocenters. The Kier molecular flexibility index (Phi) is 4.43. The number of rotatable bonds is 5. The number of hydrogen-bond acceptors (Lipinski definition) is 3. The molecule has 2 N–H and O–H groups in total. The molecular formula is C11H16O3. The second-order valence-electron chi connectivity index (χ2n) is 3.05. The number of benzene rings is 1. The van der Waals surface area contributed by atoms with Crippen molar-refractivity contribution in [1.82, 2.24) is 0 Å². The molecule has 0 saturated carbocycles. The first-order valence-corrected chi connectivity index (χ1v) is 4.80. The van der Waals surface area contributed by atoms with Crippen LogP contribution < -0.4 is 0 Å². The van der Waals surface area contributed by atoms with E-state index >= 15 is 0 Å². The van der Waals surface area contributed by atoms with Gasteiger partial charge in [-0.2, -0.15) is 0 Å². The third kappa shape index (κ3) is 2.72. The minimum absolute atomic E-state index is 0.00406. The Bertz CT molecular complexity index is 273. The maximum atomic E-state index is 9.57. The van der Waals surface area contributed by atoms with Crippen LogP contribution in [0, 0.1) is 0 Å². The summed E-state index contributed by atoms with van der Waals surface area (Å²) in [7, 11) is 0. The molecule has 1 rings (SSSR count). The van der Waals surface area contributed by atoms with Crippen LogP contribution in [0.2, 0.25) is 0 Å². The zero-order valence-electron chi connectivity index (χ0n) is 8.31. The molecule has 14 heavy (non-hydrogen) atoms. The molecule has 78 valence electrons. The Balaban J connectivity index is 2.73. The van der Waals surface area contributed by atoms with E-state index in [9.17, 15) is 5.11 Å². The van der Waals surface area contributed by atoms with Gasteiger partial charge in [-0.05, 0) is 12.5 Å². The largest absolute Gasteiger partial charge is 0.508 e. The van der Waals surface area contributed by atoms with Crippen molar-refractivity contribution in [1.29, 1.82) is 0 Å². The normalized spacial score (nSPS) is 12.7. The minimum atomic E-state index is -0.136. The maximum Gasteiger partial charge on any atom is 0.121 e. The first-order valence-electron chi connectivity index (χ1n) is 4.80. The average Bonchev–Trinajstić information content (AvgIpc) is 2.21. The lowest BCUT2D eigenvalue weighted by molar-refractivity contribution is 0.0245. The van der Waals surface area contributed by atoms with Gasteiger partial charge in [-0.15, -0.1) is 0 Å². The van der Waals surface area contributed by atoms with E-state index in [1.807, 2.05) is 19.1 Å². The first kappa shape index (κ1) is 11.0. The number of phenols is 1. The fourth-order valence-corrected chi connectivity index (χ4v) is 1.38. The molecular weight excluding hydrogens is 180 g/mol. The number of aromatic hydroxyl groups is 1. The Morgan fingerprint density at radius 2 is 2.07 bits per heavy atom. The minimum Gasteiger partial charge on any atom is -0.508 e. The summed E-state index contributed by atoms with van der Waals surface area (Å²) in [4.78, 5) is 0. The summed E-state index contributed by atoms with van der Waals surface area (Å²) in [5.41, 5.74) is 0.781. The van der Waals surface area contributed by atoms with Gasteiger partial charge in [-0.1, -0.05) is 25.1 Å². The fourth-order valence-electron chi connectivity index (χ4n) is 1.38. The molecule has 0 amide bonds. The van der Waals surface area contributed by atoms with Crippen molar-refractivity contribution in [3.63, 3.8) is 0 Å². The molecule has 0 aliphatic heterocycles. The lowest BCUT2D eigenvalue weighted by atomic mass is 10.1. The maximum absolute atomic E-state index is 9.57. The second kappa shape index (κ2) is 5.62. The molecule has 3 heteroatoms. The lowest BCUT2D eigenvalue weighted by Gasteiger charge is -2.16. The zero-order valence-corrected chi connectivity index (χ0v) is 8.31. The summed E-state index contributed by atoms with van der Waals surface area (Å²) in [6.45, 7) is 2.28. The molecule has 0 fully saturated rings. The first-order chi connectivity index (χ1) is 6.79. The van der Waals surface area contributed by atoms with Crippen LogP contribution in [0.15, 0.2) is 24.3 Å². The van der Waals surface area contributed by atoms with E-state index in [2.05, 4.69) is 0 Å². The molecule has 1 atom stereocenters. The second-order valence-corrected chi connectivity index (χ2v) is 3.05. The van der Waals surface area contributed by atoms with Crippen LogP contribution in [0.4, 0.5) is 0 Å². The van der Waals surface area contributed by atoms with E-state index in [-0.39, 0.29) is 18.5 Å². The highest BCUT2D eigenvalue weighted by molar-refractivity contribution is 5.33. The summed E-state index contributed by atoms with van der Waals surface area (Å²) in [6.07, 6.45) is 0.640. The predicted octanol–water partition coefficient (Wildman–Crippen LogP) is 1.85. The van der Waals surface area contributed by atoms with Crippen LogP contribution in [0.25, 0.3) is 0 Å². The molecule has 0 saturated heterocycles. The van der Waals surface area contributed by atoms with E-state index in [1.165, 1.54) is 0 Å². The van der Waals surface area contributed by atoms with Gasteiger partial charge in [0.1, 0.15) is 5.75 Å². The van der Waals surface area contributed by atoms with Crippen molar-refractivity contribution in [3.05, 3.63) is 29.8 Å². The quantitative estimate of drug-likeness (QED) is 0.755. The van der Waals surface area contributed by atoms with Crippen LogP contribution >= 0.6 is 0 Å². The number of phenolic OH excluding ortho intramolecular Hbond substituents is 1. The van der Waals surface area contributed by atoms with E-state index in [4.69, 9.17) is 9.84 Å². The highest BCUT2D eigenvalue weighted by atomic mass is 16.5. The number of ether oxygens (including phenoxy) is 1. The zero-order chi connectivity index (χ0) is 10.4. The van der Waals surface area contributed by atoms with Gasteiger partial charge < -0.3 is 14.9 Å². The van der Waals surface area contributed by atoms with Crippen molar-refractivity contribution in [2.24, 2.45) is 0 Å². The van der Waals surface area contributed by atoms with Gasteiger partial charge in [0.2, 0.25) is 0 Å². The summed E-state index contributed by atoms with van der Waals surface area (Å²) >= 11 is 0. The number of aliphatic hydroxyl groups excluding tert-OH is 1. The van der Waals surface area contributed by atoms with Crippen molar-refractivity contribution in [2.45, 2.75) is 19.4 Å². The third-order valence-electron chi connectivity index (χ3n) is 2.06. The van der Waals surface area contributed by atoms with E-state index in [0.717, 1.165) is 12.0 Å². The highest BCUT2D eigenvalue weighted by Gasteiger charge is 2.12. The molecule has 0 aromatic heterocycles. The Labute approximate surface area is 84.0 Å². The van der Waals surface area contributed by atoms with Crippen LogP contribution in [-0.2, 0) is 4.74 Å². The van der Waals surface area contributed by atoms with Gasteiger partial charge in [0.15, 0.2) is 0 Å². The van der Waals surface area contributed by atoms with Crippen LogP contribution in [0.1, 0.15) is 25.0 Å². The summed E-state index contributed by atoms with van der Waals surface area (Å²) in [5, 5.41) is 18.2. The molecule has 1 aromatic rings. The molecule has 3 nitrogen and oxygen atoms in total. The van der Waals surface area contributed by atoms with Gasteiger partial charge >= 0.3 is 0 Å². The monoisotopic (exact) mass is 196 g/mol. The van der Waals surface area contributed by atoms with Gasteiger partial charge in [-0.3, -0.25) is 0 Å². The van der Waals surface area contributed by atoms with Gasteiger partial charge in [-0.25, -0.2) is 0 Å². The molecule has 0 radical (unpaired) electrons. The van der Waals surface area contributed by atoms with Crippen molar-refractivity contribution in [2.75, 3.05) is 13.2 Å². The van der Waals surface area contributed by atoms with Crippen LogP contribution in [0.3, 0.4) is 0 Å². The van der Waals surface area contributed by atoms with Crippen molar-refractivity contribution in [3.8, 4) is 5.75 Å². The van der Waals surface area contributed by atoms with Crippen molar-refractivity contribution < 1.29 is 14.9 Å². The number of hydrogen-bond donors (Lipinski definition) is 2. The van der Waals surface area contributed by atoms with Crippen LogP contribution in [-0.4, -0.2) is 23.4 Å². The van der Waals surface area contributed by atoms with E-state index in [0.29, 0.717) is 6.61 Å². The third-order valence-corrected chi connectivity index (χ3v) is 2.06. The summed E-state index contributed by atoms with van der Waals surface area (Å²) < 4.78 is 5.40. The standard InChI is InChI=1S/C11H16O3/c1-2-11(14-8-7-12)9-5-3-4-6-10(9)13/h3-6,11-13H,2,7-8H2,1H3. The molecule has 0 spiro atoms. The highest BCUT2D eigenvalue weighted by Crippen LogP contribution is 2.28. The lowest BCUT2D eigenvalue weighted by Crippen LogP contribution is -2.07. The Morgan fingerprint density at radius 1 is 1.36 bits per heavy atom. The van der Waals surface area contributed by atoms with Gasteiger partial charge in [0.25, 0.3) is 0 Å². The smallest absolute Gasteiger partial charge is 0.121 e. The SMILES string of the molecule is CCC(OCCO)c1ccccc1O. The Hall–Kier alpha value is -1.06. The molecule has 0 bridgehead atoms. The number of aliphatic hydroxyl groups is 1. The Morgan fingerprint density at radius 3 is 2.64 bits per heavy atom. The molecule has 0 heterocycles. The number of para-hydroxylation sites is 1. The average molecular weight is 196 g/mol. The summed E-state index contributed by atoms with van der Waals surface area (Å²) in [6, 6.07) is 7.11. The molecule has 0 aliphatic carbocycles. The van der Waals surface area contributed by atoms with Crippen molar-refractivity contribution >= 4 is 0 Å².